The van der Waals surface area contributed by atoms with E-state index < -0.39 is 15.8 Å². The summed E-state index contributed by atoms with van der Waals surface area (Å²) < 4.78 is 38.8. The van der Waals surface area contributed by atoms with Gasteiger partial charge in [-0.1, -0.05) is 0 Å². The third-order valence-corrected chi connectivity index (χ3v) is 4.35. The van der Waals surface area contributed by atoms with Gasteiger partial charge in [-0.2, -0.15) is 0 Å². The van der Waals surface area contributed by atoms with Crippen LogP contribution in [0.5, 0.6) is 0 Å². The van der Waals surface area contributed by atoms with Crippen LogP contribution in [0.3, 0.4) is 0 Å². The van der Waals surface area contributed by atoms with E-state index in [9.17, 15) is 17.6 Å². The second-order valence-corrected chi connectivity index (χ2v) is 5.93. The van der Waals surface area contributed by atoms with E-state index in [1.807, 2.05) is 13.8 Å². The van der Waals surface area contributed by atoms with Gasteiger partial charge in [0.1, 0.15) is 5.82 Å². The molecule has 1 aromatic rings. The molecule has 0 radical (unpaired) electrons. The van der Waals surface area contributed by atoms with Crippen LogP contribution in [0, 0.1) is 5.82 Å². The first-order valence-corrected chi connectivity index (χ1v) is 7.92. The molecule has 0 heterocycles. The van der Waals surface area contributed by atoms with Gasteiger partial charge < -0.3 is 4.90 Å². The van der Waals surface area contributed by atoms with Crippen LogP contribution in [-0.2, 0) is 14.8 Å². The summed E-state index contributed by atoms with van der Waals surface area (Å²) in [4.78, 5) is 13.3. The van der Waals surface area contributed by atoms with Crippen LogP contribution in [0.15, 0.2) is 29.2 Å². The zero-order valence-electron chi connectivity index (χ0n) is 11.6. The molecule has 0 saturated carbocycles. The summed E-state index contributed by atoms with van der Waals surface area (Å²) in [5.74, 6) is -0.600. The standard InChI is InChI=1S/C13H19FN2O3S/c1-3-16(4-2)13(17)9-10-15-20(18,19)12-7-5-11(14)6-8-12/h5-8,15H,3-4,9-10H2,1-2H3. The molecule has 20 heavy (non-hydrogen) atoms. The number of hydrogen-bond acceptors (Lipinski definition) is 3. The van der Waals surface area contributed by atoms with Gasteiger partial charge in [0.25, 0.3) is 0 Å². The number of benzene rings is 1. The lowest BCUT2D eigenvalue weighted by molar-refractivity contribution is -0.130. The third-order valence-electron chi connectivity index (χ3n) is 2.87. The number of hydrogen-bond donors (Lipinski definition) is 1. The smallest absolute Gasteiger partial charge is 0.240 e. The minimum absolute atomic E-state index is 0.0193. The number of nitrogens with one attached hydrogen (secondary N) is 1. The molecule has 5 nitrogen and oxygen atoms in total. The Balaban J connectivity index is 2.56. The van der Waals surface area contributed by atoms with Gasteiger partial charge in [0, 0.05) is 26.1 Å². The zero-order chi connectivity index (χ0) is 15.2. The van der Waals surface area contributed by atoms with Crippen LogP contribution in [0.25, 0.3) is 0 Å². The normalized spacial score (nSPS) is 11.3. The monoisotopic (exact) mass is 302 g/mol. The van der Waals surface area contributed by atoms with E-state index in [1.54, 1.807) is 4.90 Å². The number of halogens is 1. The Bertz CT molecular complexity index is 539. The van der Waals surface area contributed by atoms with E-state index in [-0.39, 0.29) is 23.8 Å². The van der Waals surface area contributed by atoms with Gasteiger partial charge in [-0.3, -0.25) is 4.79 Å². The molecule has 7 heteroatoms. The first-order chi connectivity index (χ1) is 9.40. The van der Waals surface area contributed by atoms with Crippen molar-refractivity contribution in [1.29, 1.82) is 0 Å². The number of amides is 1. The van der Waals surface area contributed by atoms with Gasteiger partial charge in [0.05, 0.1) is 4.90 Å². The molecule has 0 unspecified atom stereocenters. The van der Waals surface area contributed by atoms with Crippen molar-refractivity contribution in [2.45, 2.75) is 25.2 Å². The average molecular weight is 302 g/mol. The van der Waals surface area contributed by atoms with E-state index in [1.165, 1.54) is 12.1 Å². The predicted octanol–water partition coefficient (Wildman–Crippen LogP) is 1.36. The molecule has 0 aliphatic heterocycles. The van der Waals surface area contributed by atoms with E-state index >= 15 is 0 Å². The molecule has 0 atom stereocenters. The van der Waals surface area contributed by atoms with Crippen molar-refractivity contribution in [3.05, 3.63) is 30.1 Å². The Hall–Kier alpha value is -1.47. The van der Waals surface area contributed by atoms with Crippen molar-refractivity contribution in [1.82, 2.24) is 9.62 Å². The van der Waals surface area contributed by atoms with Crippen LogP contribution in [0.2, 0.25) is 0 Å². The first-order valence-electron chi connectivity index (χ1n) is 6.43. The lowest BCUT2D eigenvalue weighted by Gasteiger charge is -2.18. The molecule has 1 amide bonds. The fourth-order valence-electron chi connectivity index (χ4n) is 1.72. The van der Waals surface area contributed by atoms with Crippen molar-refractivity contribution < 1.29 is 17.6 Å². The predicted molar refractivity (Wildman–Crippen MR) is 74.1 cm³/mol. The first kappa shape index (κ1) is 16.6. The Kier molecular flexibility index (Phi) is 6.09. The highest BCUT2D eigenvalue weighted by Gasteiger charge is 2.15. The number of carbonyl (C=O) groups is 1. The number of sulfonamides is 1. The SMILES string of the molecule is CCN(CC)C(=O)CCNS(=O)(=O)c1ccc(F)cc1. The summed E-state index contributed by atoms with van der Waals surface area (Å²) >= 11 is 0. The fraction of sp³-hybridized carbons (Fsp3) is 0.462. The van der Waals surface area contributed by atoms with Crippen molar-refractivity contribution in [3.63, 3.8) is 0 Å². The molecule has 0 spiro atoms. The molecule has 1 N–H and O–H groups in total. The molecule has 0 fully saturated rings. The van der Waals surface area contributed by atoms with Crippen molar-refractivity contribution >= 4 is 15.9 Å². The van der Waals surface area contributed by atoms with Crippen LogP contribution in [0.4, 0.5) is 4.39 Å². The van der Waals surface area contributed by atoms with Gasteiger partial charge in [-0.25, -0.2) is 17.5 Å². The molecule has 1 aromatic carbocycles. The summed E-state index contributed by atoms with van der Waals surface area (Å²) in [6, 6.07) is 4.53. The highest BCUT2D eigenvalue weighted by molar-refractivity contribution is 7.89. The maximum absolute atomic E-state index is 12.7. The molecular formula is C13H19FN2O3S. The quantitative estimate of drug-likeness (QED) is 0.827. The molecule has 0 aliphatic rings. The van der Waals surface area contributed by atoms with E-state index in [0.29, 0.717) is 13.1 Å². The molecule has 0 aromatic heterocycles. The van der Waals surface area contributed by atoms with E-state index in [4.69, 9.17) is 0 Å². The minimum Gasteiger partial charge on any atom is -0.343 e. The van der Waals surface area contributed by atoms with Gasteiger partial charge in [-0.05, 0) is 38.1 Å². The highest BCUT2D eigenvalue weighted by atomic mass is 32.2. The van der Waals surface area contributed by atoms with Gasteiger partial charge in [0.2, 0.25) is 15.9 Å². The van der Waals surface area contributed by atoms with Crippen LogP contribution < -0.4 is 4.72 Å². The number of rotatable bonds is 7. The summed E-state index contributed by atoms with van der Waals surface area (Å²) in [5, 5.41) is 0. The summed E-state index contributed by atoms with van der Waals surface area (Å²) in [7, 11) is -3.70. The molecular weight excluding hydrogens is 283 g/mol. The Labute approximate surface area is 118 Å². The van der Waals surface area contributed by atoms with Gasteiger partial charge in [0.15, 0.2) is 0 Å². The maximum atomic E-state index is 12.7. The Morgan fingerprint density at radius 1 is 1.20 bits per heavy atom. The molecule has 1 rings (SSSR count). The zero-order valence-corrected chi connectivity index (χ0v) is 12.4. The van der Waals surface area contributed by atoms with Crippen molar-refractivity contribution in [3.8, 4) is 0 Å². The summed E-state index contributed by atoms with van der Waals surface area (Å²) in [6.07, 6.45) is 0.0993. The third kappa shape index (κ3) is 4.57. The number of carbonyl (C=O) groups excluding carboxylic acids is 1. The minimum atomic E-state index is -3.70. The van der Waals surface area contributed by atoms with E-state index in [2.05, 4.69) is 4.72 Å². The maximum Gasteiger partial charge on any atom is 0.240 e. The largest absolute Gasteiger partial charge is 0.343 e. The van der Waals surface area contributed by atoms with E-state index in [0.717, 1.165) is 12.1 Å². The molecule has 0 aliphatic carbocycles. The van der Waals surface area contributed by atoms with Gasteiger partial charge in [-0.15, -0.1) is 0 Å². The summed E-state index contributed by atoms with van der Waals surface area (Å²) in [6.45, 7) is 4.95. The summed E-state index contributed by atoms with van der Waals surface area (Å²) in [5.41, 5.74) is 0. The topological polar surface area (TPSA) is 66.5 Å². The lowest BCUT2D eigenvalue weighted by Crippen LogP contribution is -2.34. The second-order valence-electron chi connectivity index (χ2n) is 4.17. The second kappa shape index (κ2) is 7.35. The lowest BCUT2D eigenvalue weighted by atomic mass is 10.3. The van der Waals surface area contributed by atoms with Crippen LogP contribution >= 0.6 is 0 Å². The van der Waals surface area contributed by atoms with Gasteiger partial charge >= 0.3 is 0 Å². The Morgan fingerprint density at radius 2 is 1.75 bits per heavy atom. The molecule has 0 bridgehead atoms. The van der Waals surface area contributed by atoms with Crippen LogP contribution in [-0.4, -0.2) is 38.9 Å². The fourth-order valence-corrected chi connectivity index (χ4v) is 2.76. The molecule has 0 saturated heterocycles. The Morgan fingerprint density at radius 3 is 2.25 bits per heavy atom. The average Bonchev–Trinajstić information content (AvgIpc) is 2.40. The highest BCUT2D eigenvalue weighted by Crippen LogP contribution is 2.09. The number of nitrogens with zero attached hydrogens (tertiary/aromatic N) is 1. The van der Waals surface area contributed by atoms with Crippen molar-refractivity contribution in [2.75, 3.05) is 19.6 Å². The van der Waals surface area contributed by atoms with Crippen LogP contribution in [0.1, 0.15) is 20.3 Å². The molecule has 112 valence electrons. The van der Waals surface area contributed by atoms with Crippen molar-refractivity contribution in [2.24, 2.45) is 0 Å².